The number of carbonyl (C=O) groups is 1. The summed E-state index contributed by atoms with van der Waals surface area (Å²) in [6.07, 6.45) is 5.41. The van der Waals surface area contributed by atoms with Gasteiger partial charge in [-0.1, -0.05) is 57.0 Å². The second kappa shape index (κ2) is 7.60. The smallest absolute Gasteiger partial charge is 0.237 e. The fraction of sp³-hybridized carbons (Fsp3) is 0.611. The van der Waals surface area contributed by atoms with Crippen LogP contribution in [0.2, 0.25) is 0 Å². The third kappa shape index (κ3) is 4.57. The number of rotatable bonds is 5. The Morgan fingerprint density at radius 3 is 2.57 bits per heavy atom. The number of nitrogens with two attached hydrogens (primary N) is 1. The fourth-order valence-electron chi connectivity index (χ4n) is 3.39. The third-order valence-corrected chi connectivity index (χ3v) is 4.64. The standard InChI is InChI=1S/C18H28N2O/c1-13(2)15-10-6-7-11-17(15)20-18(21)16(19)12-14-8-4-3-5-9-14/h3-5,8-9,13,15-17H,6-7,10-12,19H2,1-2H3,(H,20,21)/t15?,16-,17?/m0/s1. The molecular formula is C18H28N2O. The van der Waals surface area contributed by atoms with Crippen molar-refractivity contribution in [3.05, 3.63) is 35.9 Å². The largest absolute Gasteiger partial charge is 0.352 e. The van der Waals surface area contributed by atoms with Crippen molar-refractivity contribution in [1.29, 1.82) is 0 Å². The highest BCUT2D eigenvalue weighted by molar-refractivity contribution is 5.82. The van der Waals surface area contributed by atoms with Crippen LogP contribution >= 0.6 is 0 Å². The van der Waals surface area contributed by atoms with Crippen molar-refractivity contribution in [2.75, 3.05) is 0 Å². The Bertz CT molecular complexity index is 444. The Kier molecular flexibility index (Phi) is 5.80. The lowest BCUT2D eigenvalue weighted by molar-refractivity contribution is -0.123. The first kappa shape index (κ1) is 16.0. The lowest BCUT2D eigenvalue weighted by Gasteiger charge is -2.35. The van der Waals surface area contributed by atoms with Crippen molar-refractivity contribution < 1.29 is 4.79 Å². The summed E-state index contributed by atoms with van der Waals surface area (Å²) < 4.78 is 0. The van der Waals surface area contributed by atoms with Gasteiger partial charge in [0, 0.05) is 6.04 Å². The molecule has 3 heteroatoms. The van der Waals surface area contributed by atoms with E-state index >= 15 is 0 Å². The molecule has 0 aromatic heterocycles. The van der Waals surface area contributed by atoms with Gasteiger partial charge in [-0.2, -0.15) is 0 Å². The van der Waals surface area contributed by atoms with E-state index in [2.05, 4.69) is 19.2 Å². The predicted molar refractivity (Wildman–Crippen MR) is 86.8 cm³/mol. The zero-order valence-electron chi connectivity index (χ0n) is 13.2. The van der Waals surface area contributed by atoms with E-state index < -0.39 is 6.04 Å². The van der Waals surface area contributed by atoms with Crippen molar-refractivity contribution in [3.63, 3.8) is 0 Å². The molecule has 1 fully saturated rings. The SMILES string of the molecule is CC(C)C1CCCCC1NC(=O)[C@@H](N)Cc1ccccc1. The summed E-state index contributed by atoms with van der Waals surface area (Å²) in [5, 5.41) is 3.21. The average Bonchev–Trinajstić information content (AvgIpc) is 2.48. The van der Waals surface area contributed by atoms with E-state index in [1.807, 2.05) is 30.3 Å². The van der Waals surface area contributed by atoms with Gasteiger partial charge in [-0.15, -0.1) is 0 Å². The molecule has 1 aromatic carbocycles. The molecule has 2 unspecified atom stereocenters. The van der Waals surface area contributed by atoms with Crippen LogP contribution in [0, 0.1) is 11.8 Å². The van der Waals surface area contributed by atoms with Crippen LogP contribution in [0.4, 0.5) is 0 Å². The molecule has 2 rings (SSSR count). The average molecular weight is 288 g/mol. The molecule has 3 atom stereocenters. The molecule has 0 bridgehead atoms. The van der Waals surface area contributed by atoms with Gasteiger partial charge in [0.15, 0.2) is 0 Å². The first-order valence-corrected chi connectivity index (χ1v) is 8.18. The highest BCUT2D eigenvalue weighted by Crippen LogP contribution is 2.30. The Labute approximate surface area is 128 Å². The van der Waals surface area contributed by atoms with Crippen molar-refractivity contribution in [1.82, 2.24) is 5.32 Å². The minimum Gasteiger partial charge on any atom is -0.352 e. The summed E-state index contributed by atoms with van der Waals surface area (Å²) in [6.45, 7) is 4.50. The summed E-state index contributed by atoms with van der Waals surface area (Å²) in [6, 6.07) is 9.82. The summed E-state index contributed by atoms with van der Waals surface area (Å²) in [7, 11) is 0. The molecule has 0 spiro atoms. The summed E-state index contributed by atoms with van der Waals surface area (Å²) >= 11 is 0. The Morgan fingerprint density at radius 1 is 1.24 bits per heavy atom. The van der Waals surface area contributed by atoms with Gasteiger partial charge in [0.2, 0.25) is 5.91 Å². The molecule has 1 aliphatic carbocycles. The third-order valence-electron chi connectivity index (χ3n) is 4.64. The molecule has 0 heterocycles. The van der Waals surface area contributed by atoms with Crippen molar-refractivity contribution in [2.24, 2.45) is 17.6 Å². The molecule has 116 valence electrons. The maximum absolute atomic E-state index is 12.3. The van der Waals surface area contributed by atoms with E-state index in [4.69, 9.17) is 5.73 Å². The summed E-state index contributed by atoms with van der Waals surface area (Å²) in [5.74, 6) is 1.20. The summed E-state index contributed by atoms with van der Waals surface area (Å²) in [4.78, 5) is 12.3. The fourth-order valence-corrected chi connectivity index (χ4v) is 3.39. The van der Waals surface area contributed by atoms with E-state index in [1.54, 1.807) is 0 Å². The number of benzene rings is 1. The van der Waals surface area contributed by atoms with Gasteiger partial charge >= 0.3 is 0 Å². The number of hydrogen-bond donors (Lipinski definition) is 2. The molecular weight excluding hydrogens is 260 g/mol. The van der Waals surface area contributed by atoms with Crippen molar-refractivity contribution >= 4 is 5.91 Å². The number of hydrogen-bond acceptors (Lipinski definition) is 2. The maximum Gasteiger partial charge on any atom is 0.237 e. The molecule has 21 heavy (non-hydrogen) atoms. The van der Waals surface area contributed by atoms with Crippen molar-refractivity contribution in [3.8, 4) is 0 Å². The highest BCUT2D eigenvalue weighted by Gasteiger charge is 2.29. The molecule has 0 radical (unpaired) electrons. The first-order valence-electron chi connectivity index (χ1n) is 8.18. The molecule has 0 saturated heterocycles. The normalized spacial score (nSPS) is 23.8. The maximum atomic E-state index is 12.3. The van der Waals surface area contributed by atoms with E-state index in [-0.39, 0.29) is 5.91 Å². The van der Waals surface area contributed by atoms with Crippen LogP contribution in [0.1, 0.15) is 45.1 Å². The zero-order chi connectivity index (χ0) is 15.2. The van der Waals surface area contributed by atoms with Crippen LogP contribution in [0.25, 0.3) is 0 Å². The minimum atomic E-state index is -0.456. The van der Waals surface area contributed by atoms with Crippen LogP contribution < -0.4 is 11.1 Å². The van der Waals surface area contributed by atoms with Gasteiger partial charge in [0.1, 0.15) is 0 Å². The Hall–Kier alpha value is -1.35. The lowest BCUT2D eigenvalue weighted by atomic mass is 9.77. The number of carbonyl (C=O) groups excluding carboxylic acids is 1. The van der Waals surface area contributed by atoms with E-state index in [1.165, 1.54) is 19.3 Å². The highest BCUT2D eigenvalue weighted by atomic mass is 16.2. The monoisotopic (exact) mass is 288 g/mol. The summed E-state index contributed by atoms with van der Waals surface area (Å²) in [5.41, 5.74) is 7.19. The van der Waals surface area contributed by atoms with E-state index in [9.17, 15) is 4.79 Å². The van der Waals surface area contributed by atoms with Gasteiger partial charge in [0.05, 0.1) is 6.04 Å². The predicted octanol–water partition coefficient (Wildman–Crippen LogP) is 2.89. The van der Waals surface area contributed by atoms with Crippen LogP contribution in [0.15, 0.2) is 30.3 Å². The molecule has 1 amide bonds. The molecule has 1 aliphatic rings. The minimum absolute atomic E-state index is 0.00333. The number of nitrogens with one attached hydrogen (secondary N) is 1. The lowest BCUT2D eigenvalue weighted by Crippen LogP contribution is -2.50. The van der Waals surface area contributed by atoms with Crippen LogP contribution in [-0.4, -0.2) is 18.0 Å². The molecule has 3 nitrogen and oxygen atoms in total. The Morgan fingerprint density at radius 2 is 1.90 bits per heavy atom. The van der Waals surface area contributed by atoms with E-state index in [0.29, 0.717) is 24.3 Å². The molecule has 0 aliphatic heterocycles. The van der Waals surface area contributed by atoms with Gasteiger partial charge in [-0.3, -0.25) is 4.79 Å². The van der Waals surface area contributed by atoms with Gasteiger partial charge in [-0.05, 0) is 36.7 Å². The second-order valence-corrected chi connectivity index (χ2v) is 6.60. The van der Waals surface area contributed by atoms with Crippen LogP contribution in [0.3, 0.4) is 0 Å². The Balaban J connectivity index is 1.90. The van der Waals surface area contributed by atoms with Crippen molar-refractivity contribution in [2.45, 2.75) is 58.0 Å². The number of amides is 1. The topological polar surface area (TPSA) is 55.1 Å². The van der Waals surface area contributed by atoms with E-state index in [0.717, 1.165) is 12.0 Å². The quantitative estimate of drug-likeness (QED) is 0.875. The molecule has 1 aromatic rings. The first-order chi connectivity index (χ1) is 10.1. The van der Waals surface area contributed by atoms with Gasteiger partial charge < -0.3 is 11.1 Å². The van der Waals surface area contributed by atoms with Gasteiger partial charge in [-0.25, -0.2) is 0 Å². The molecule has 1 saturated carbocycles. The molecule has 3 N–H and O–H groups in total. The van der Waals surface area contributed by atoms with Crippen LogP contribution in [-0.2, 0) is 11.2 Å². The van der Waals surface area contributed by atoms with Crippen LogP contribution in [0.5, 0.6) is 0 Å². The zero-order valence-corrected chi connectivity index (χ0v) is 13.2. The second-order valence-electron chi connectivity index (χ2n) is 6.60. The van der Waals surface area contributed by atoms with Gasteiger partial charge in [0.25, 0.3) is 0 Å².